The van der Waals surface area contributed by atoms with E-state index in [-0.39, 0.29) is 0 Å². The molecule has 0 aliphatic heterocycles. The summed E-state index contributed by atoms with van der Waals surface area (Å²) in [6.07, 6.45) is 1.94. The monoisotopic (exact) mass is 348 g/mol. The smallest absolute Gasteiger partial charge is 0.345 e. The first-order valence-electron chi connectivity index (χ1n) is 7.54. The van der Waals surface area contributed by atoms with Crippen LogP contribution >= 0.6 is 11.3 Å². The number of thiophene rings is 1. The molecule has 1 aromatic carbocycles. The Balaban J connectivity index is 1.81. The topological polar surface area (TPSA) is 64.3 Å². The van der Waals surface area contributed by atoms with Crippen molar-refractivity contribution >= 4 is 46.4 Å². The molecular weight excluding hydrogens is 328 g/mol. The molecule has 3 aromatic rings. The lowest BCUT2D eigenvalue weighted by Crippen LogP contribution is -2.22. The summed E-state index contributed by atoms with van der Waals surface area (Å²) in [7, 11) is -1.08. The van der Waals surface area contributed by atoms with Gasteiger partial charge in [-0.3, -0.25) is 0 Å². The van der Waals surface area contributed by atoms with Crippen molar-refractivity contribution < 1.29 is 14.6 Å². The van der Waals surface area contributed by atoms with E-state index < -0.39 is 14.0 Å². The van der Waals surface area contributed by atoms with E-state index in [1.54, 1.807) is 10.7 Å². The van der Waals surface area contributed by atoms with E-state index in [9.17, 15) is 4.79 Å². The number of hydrogen-bond donors (Lipinski definition) is 1. The van der Waals surface area contributed by atoms with Gasteiger partial charge in [0.15, 0.2) is 0 Å². The fourth-order valence-corrected chi connectivity index (χ4v) is 4.04. The molecule has 0 bridgehead atoms. The van der Waals surface area contributed by atoms with Crippen LogP contribution in [-0.2, 0) is 11.5 Å². The molecular formula is C16H20N2O3SSi. The number of hydrogen-bond acceptors (Lipinski definition) is 4. The summed E-state index contributed by atoms with van der Waals surface area (Å²) in [5.41, 5.74) is 0.862. The van der Waals surface area contributed by atoms with Gasteiger partial charge in [0.05, 0.1) is 5.52 Å². The van der Waals surface area contributed by atoms with Crippen molar-refractivity contribution in [3.8, 4) is 0 Å². The third kappa shape index (κ3) is 3.62. The minimum atomic E-state index is -1.08. The maximum absolute atomic E-state index is 11.1. The van der Waals surface area contributed by atoms with Crippen molar-refractivity contribution in [2.45, 2.75) is 32.4 Å². The summed E-state index contributed by atoms with van der Waals surface area (Å²) >= 11 is 1.29. The molecule has 2 aromatic heterocycles. The Kier molecular flexibility index (Phi) is 4.26. The highest BCUT2D eigenvalue weighted by molar-refractivity contribution is 7.20. The van der Waals surface area contributed by atoms with Crippen molar-refractivity contribution in [2.75, 3.05) is 6.61 Å². The molecule has 0 aliphatic rings. The zero-order valence-corrected chi connectivity index (χ0v) is 15.3. The van der Waals surface area contributed by atoms with E-state index in [1.165, 1.54) is 11.3 Å². The Bertz CT molecular complexity index is 863. The highest BCUT2D eigenvalue weighted by atomic mass is 32.1. The van der Waals surface area contributed by atoms with Gasteiger partial charge in [-0.2, -0.15) is 5.10 Å². The fourth-order valence-electron chi connectivity index (χ4n) is 2.37. The minimum Gasteiger partial charge on any atom is -0.477 e. The maximum atomic E-state index is 11.1. The minimum absolute atomic E-state index is 0.353. The second kappa shape index (κ2) is 6.07. The Hall–Kier alpha value is -1.70. The van der Waals surface area contributed by atoms with Crippen LogP contribution in [0.2, 0.25) is 25.7 Å². The van der Waals surface area contributed by atoms with Crippen LogP contribution in [0.4, 0.5) is 0 Å². The lowest BCUT2D eigenvalue weighted by molar-refractivity contribution is 0.0702. The van der Waals surface area contributed by atoms with Gasteiger partial charge in [-0.05, 0) is 24.2 Å². The molecule has 0 saturated heterocycles. The maximum Gasteiger partial charge on any atom is 0.345 e. The Morgan fingerprint density at radius 2 is 2.13 bits per heavy atom. The first-order chi connectivity index (χ1) is 10.8. The van der Waals surface area contributed by atoms with E-state index in [4.69, 9.17) is 9.84 Å². The molecule has 0 radical (unpaired) electrons. The van der Waals surface area contributed by atoms with Crippen LogP contribution in [0.25, 0.3) is 21.0 Å². The number of aromatic carboxylic acids is 1. The molecule has 1 N–H and O–H groups in total. The number of carboxylic acid groups (broad SMARTS) is 1. The summed E-state index contributed by atoms with van der Waals surface area (Å²) < 4.78 is 8.48. The molecule has 0 aliphatic carbocycles. The summed E-state index contributed by atoms with van der Waals surface area (Å²) in [5.74, 6) is -0.888. The zero-order valence-electron chi connectivity index (χ0n) is 13.5. The molecule has 3 rings (SSSR count). The van der Waals surface area contributed by atoms with Crippen molar-refractivity contribution in [1.82, 2.24) is 9.78 Å². The largest absolute Gasteiger partial charge is 0.477 e. The Labute approximate surface area is 139 Å². The molecule has 0 spiro atoms. The number of carboxylic acids is 1. The average molecular weight is 349 g/mol. The van der Waals surface area contributed by atoms with Crippen LogP contribution in [0.1, 0.15) is 9.67 Å². The molecule has 2 heterocycles. The van der Waals surface area contributed by atoms with Gasteiger partial charge in [-0.15, -0.1) is 11.3 Å². The molecule has 0 fully saturated rings. The summed E-state index contributed by atoms with van der Waals surface area (Å²) in [5, 5.41) is 15.6. The van der Waals surface area contributed by atoms with Crippen molar-refractivity contribution in [3.05, 3.63) is 29.3 Å². The first-order valence-corrected chi connectivity index (χ1v) is 12.1. The standard InChI is InChI=1S/C16H20N2O3SSi/c1-23(2,3)7-6-21-10-18-9-12-11-8-15(16(19)20)22-14(11)5-4-13(12)17-18/h4-5,8-9H,6-7,10H2,1-3H3,(H,19,20). The van der Waals surface area contributed by atoms with Crippen LogP contribution in [0.15, 0.2) is 24.4 Å². The Morgan fingerprint density at radius 1 is 1.35 bits per heavy atom. The first kappa shape index (κ1) is 16.2. The number of ether oxygens (including phenoxy) is 1. The van der Waals surface area contributed by atoms with Gasteiger partial charge in [0, 0.05) is 36.3 Å². The molecule has 7 heteroatoms. The summed E-state index contributed by atoms with van der Waals surface area (Å²) in [6.45, 7) is 8.16. The normalized spacial score (nSPS) is 12.3. The van der Waals surface area contributed by atoms with E-state index >= 15 is 0 Å². The Morgan fingerprint density at radius 3 is 2.83 bits per heavy atom. The third-order valence-corrected chi connectivity index (χ3v) is 6.46. The SMILES string of the molecule is C[Si](C)(C)CCOCn1cc2c(ccc3sc(C(=O)O)cc32)n1. The van der Waals surface area contributed by atoms with Crippen LogP contribution < -0.4 is 0 Å². The number of carbonyl (C=O) groups is 1. The van der Waals surface area contributed by atoms with Gasteiger partial charge in [0.2, 0.25) is 0 Å². The molecule has 5 nitrogen and oxygen atoms in total. The number of nitrogens with zero attached hydrogens (tertiary/aromatic N) is 2. The quantitative estimate of drug-likeness (QED) is 0.534. The fraction of sp³-hybridized carbons (Fsp3) is 0.375. The summed E-state index contributed by atoms with van der Waals surface area (Å²) in [4.78, 5) is 11.5. The van der Waals surface area contributed by atoms with E-state index in [2.05, 4.69) is 24.7 Å². The predicted octanol–water partition coefficient (Wildman–Crippen LogP) is 4.26. The predicted molar refractivity (Wildman–Crippen MR) is 96.2 cm³/mol. The highest BCUT2D eigenvalue weighted by Crippen LogP contribution is 2.31. The van der Waals surface area contributed by atoms with Gasteiger partial charge in [0.25, 0.3) is 0 Å². The van der Waals surface area contributed by atoms with E-state index in [1.807, 2.05) is 18.3 Å². The van der Waals surface area contributed by atoms with E-state index in [0.717, 1.165) is 33.6 Å². The van der Waals surface area contributed by atoms with Crippen LogP contribution in [0.5, 0.6) is 0 Å². The molecule has 122 valence electrons. The molecule has 0 amide bonds. The van der Waals surface area contributed by atoms with E-state index in [0.29, 0.717) is 11.6 Å². The van der Waals surface area contributed by atoms with Crippen molar-refractivity contribution in [3.63, 3.8) is 0 Å². The van der Waals surface area contributed by atoms with Crippen LogP contribution in [0, 0.1) is 0 Å². The van der Waals surface area contributed by atoms with Gasteiger partial charge in [-0.25, -0.2) is 9.48 Å². The van der Waals surface area contributed by atoms with Crippen LogP contribution in [0.3, 0.4) is 0 Å². The van der Waals surface area contributed by atoms with Crippen molar-refractivity contribution in [1.29, 1.82) is 0 Å². The molecule has 0 saturated carbocycles. The van der Waals surface area contributed by atoms with Gasteiger partial charge in [0.1, 0.15) is 11.6 Å². The molecule has 0 unspecified atom stereocenters. The average Bonchev–Trinajstić information content (AvgIpc) is 3.05. The van der Waals surface area contributed by atoms with Gasteiger partial charge >= 0.3 is 5.97 Å². The lowest BCUT2D eigenvalue weighted by atomic mass is 10.2. The zero-order chi connectivity index (χ0) is 16.6. The second-order valence-electron chi connectivity index (χ2n) is 6.84. The number of benzene rings is 1. The van der Waals surface area contributed by atoms with Gasteiger partial charge in [-0.1, -0.05) is 19.6 Å². The molecule has 23 heavy (non-hydrogen) atoms. The van der Waals surface area contributed by atoms with Gasteiger partial charge < -0.3 is 9.84 Å². The van der Waals surface area contributed by atoms with Crippen LogP contribution in [-0.4, -0.2) is 35.5 Å². The highest BCUT2D eigenvalue weighted by Gasteiger charge is 2.14. The second-order valence-corrected chi connectivity index (χ2v) is 13.5. The number of aromatic nitrogens is 2. The molecule has 0 atom stereocenters. The third-order valence-electron chi connectivity index (χ3n) is 3.66. The van der Waals surface area contributed by atoms with Crippen molar-refractivity contribution in [2.24, 2.45) is 0 Å². The lowest BCUT2D eigenvalue weighted by Gasteiger charge is -2.15. The number of rotatable bonds is 6. The number of fused-ring (bicyclic) bond motifs is 3. The summed E-state index contributed by atoms with van der Waals surface area (Å²) in [6, 6.07) is 6.71.